The van der Waals surface area contributed by atoms with Crippen molar-refractivity contribution in [1.29, 1.82) is 0 Å². The average Bonchev–Trinajstić information content (AvgIpc) is 2.66. The van der Waals surface area contributed by atoms with Crippen molar-refractivity contribution in [3.05, 3.63) is 11.7 Å². The molecule has 2 rings (SSSR count). The van der Waals surface area contributed by atoms with Gasteiger partial charge in [-0.3, -0.25) is 0 Å². The van der Waals surface area contributed by atoms with Crippen molar-refractivity contribution in [2.75, 3.05) is 0 Å². The van der Waals surface area contributed by atoms with Crippen LogP contribution in [0.4, 0.5) is 0 Å². The monoisotopic (exact) mass is 224 g/mol. The van der Waals surface area contributed by atoms with Gasteiger partial charge in [0.1, 0.15) is 0 Å². The van der Waals surface area contributed by atoms with Gasteiger partial charge in [0.25, 0.3) is 0 Å². The van der Waals surface area contributed by atoms with Crippen molar-refractivity contribution in [2.24, 2.45) is 5.92 Å². The van der Waals surface area contributed by atoms with E-state index in [0.717, 1.165) is 24.6 Å². The summed E-state index contributed by atoms with van der Waals surface area (Å²) >= 11 is 0. The molecule has 1 heterocycles. The SMILES string of the molecule is CC(O)Cc1nc(C2CCC(C)CC2)no1. The molecule has 0 aromatic carbocycles. The van der Waals surface area contributed by atoms with E-state index in [0.29, 0.717) is 18.2 Å². The molecule has 0 radical (unpaired) electrons. The van der Waals surface area contributed by atoms with E-state index in [2.05, 4.69) is 17.1 Å². The van der Waals surface area contributed by atoms with Crippen LogP contribution in [0, 0.1) is 5.92 Å². The zero-order chi connectivity index (χ0) is 11.5. The first-order chi connectivity index (χ1) is 7.65. The molecular formula is C12H20N2O2. The van der Waals surface area contributed by atoms with Gasteiger partial charge in [-0.2, -0.15) is 4.98 Å². The highest BCUT2D eigenvalue weighted by Crippen LogP contribution is 2.33. The first kappa shape index (κ1) is 11.6. The Hall–Kier alpha value is -0.900. The highest BCUT2D eigenvalue weighted by molar-refractivity contribution is 4.97. The van der Waals surface area contributed by atoms with Crippen LogP contribution < -0.4 is 0 Å². The highest BCUT2D eigenvalue weighted by atomic mass is 16.5. The molecule has 0 spiro atoms. The summed E-state index contributed by atoms with van der Waals surface area (Å²) in [4.78, 5) is 4.36. The summed E-state index contributed by atoms with van der Waals surface area (Å²) in [5.74, 6) is 2.69. The summed E-state index contributed by atoms with van der Waals surface area (Å²) in [6, 6.07) is 0. The Morgan fingerprint density at radius 2 is 2.06 bits per heavy atom. The van der Waals surface area contributed by atoms with Crippen molar-refractivity contribution in [2.45, 2.75) is 58.0 Å². The summed E-state index contributed by atoms with van der Waals surface area (Å²) in [7, 11) is 0. The normalized spacial score (nSPS) is 27.9. The molecule has 0 saturated heterocycles. The molecule has 1 fully saturated rings. The number of aliphatic hydroxyl groups is 1. The lowest BCUT2D eigenvalue weighted by Gasteiger charge is -2.23. The molecule has 16 heavy (non-hydrogen) atoms. The molecule has 1 aromatic rings. The van der Waals surface area contributed by atoms with E-state index in [9.17, 15) is 5.11 Å². The van der Waals surface area contributed by atoms with Crippen LogP contribution in [0.5, 0.6) is 0 Å². The molecule has 1 N–H and O–H groups in total. The Bertz CT molecular complexity index is 328. The maximum Gasteiger partial charge on any atom is 0.229 e. The Balaban J connectivity index is 1.96. The van der Waals surface area contributed by atoms with Gasteiger partial charge < -0.3 is 9.63 Å². The van der Waals surface area contributed by atoms with Crippen molar-refractivity contribution >= 4 is 0 Å². The molecule has 0 aliphatic heterocycles. The van der Waals surface area contributed by atoms with Gasteiger partial charge in [-0.15, -0.1) is 0 Å². The van der Waals surface area contributed by atoms with E-state index >= 15 is 0 Å². The highest BCUT2D eigenvalue weighted by Gasteiger charge is 2.24. The van der Waals surface area contributed by atoms with Crippen molar-refractivity contribution in [3.8, 4) is 0 Å². The molecular weight excluding hydrogens is 204 g/mol. The Morgan fingerprint density at radius 3 is 2.69 bits per heavy atom. The standard InChI is InChI=1S/C12H20N2O2/c1-8-3-5-10(6-4-8)12-13-11(16-14-12)7-9(2)15/h8-10,15H,3-7H2,1-2H3. The molecule has 4 heteroatoms. The molecule has 90 valence electrons. The van der Waals surface area contributed by atoms with Gasteiger partial charge >= 0.3 is 0 Å². The number of rotatable bonds is 3. The van der Waals surface area contributed by atoms with Crippen LogP contribution >= 0.6 is 0 Å². The quantitative estimate of drug-likeness (QED) is 0.855. The molecule has 1 unspecified atom stereocenters. The van der Waals surface area contributed by atoms with E-state index < -0.39 is 6.10 Å². The predicted octanol–water partition coefficient (Wildman–Crippen LogP) is 2.29. The summed E-state index contributed by atoms with van der Waals surface area (Å²) in [6.07, 6.45) is 4.87. The fourth-order valence-corrected chi connectivity index (χ4v) is 2.29. The van der Waals surface area contributed by atoms with Gasteiger partial charge in [0.15, 0.2) is 5.82 Å². The maximum atomic E-state index is 9.23. The largest absolute Gasteiger partial charge is 0.393 e. The number of hydrogen-bond donors (Lipinski definition) is 1. The van der Waals surface area contributed by atoms with Crippen LogP contribution in [0.15, 0.2) is 4.52 Å². The number of aromatic nitrogens is 2. The Kier molecular flexibility index (Phi) is 3.59. The molecule has 1 aliphatic rings. The van der Waals surface area contributed by atoms with Crippen LogP contribution in [0.2, 0.25) is 0 Å². The van der Waals surface area contributed by atoms with E-state index in [4.69, 9.17) is 4.52 Å². The summed E-state index contributed by atoms with van der Waals surface area (Å²) in [5.41, 5.74) is 0. The third-order valence-electron chi connectivity index (χ3n) is 3.33. The number of hydrogen-bond acceptors (Lipinski definition) is 4. The topological polar surface area (TPSA) is 59.2 Å². The van der Waals surface area contributed by atoms with Crippen molar-refractivity contribution < 1.29 is 9.63 Å². The fourth-order valence-electron chi connectivity index (χ4n) is 2.29. The van der Waals surface area contributed by atoms with Crippen molar-refractivity contribution in [1.82, 2.24) is 10.1 Å². The number of aliphatic hydroxyl groups excluding tert-OH is 1. The lowest BCUT2D eigenvalue weighted by molar-refractivity contribution is 0.181. The van der Waals surface area contributed by atoms with Gasteiger partial charge in [0.05, 0.1) is 12.5 Å². The molecule has 1 aromatic heterocycles. The van der Waals surface area contributed by atoms with Gasteiger partial charge in [-0.05, 0) is 25.7 Å². The van der Waals surface area contributed by atoms with Crippen LogP contribution in [-0.2, 0) is 6.42 Å². The molecule has 1 saturated carbocycles. The summed E-state index contributed by atoms with van der Waals surface area (Å²) in [5, 5.41) is 13.3. The van der Waals surface area contributed by atoms with Crippen LogP contribution in [0.1, 0.15) is 57.2 Å². The van der Waals surface area contributed by atoms with E-state index in [1.807, 2.05) is 0 Å². The van der Waals surface area contributed by atoms with Crippen LogP contribution in [0.3, 0.4) is 0 Å². The van der Waals surface area contributed by atoms with Crippen LogP contribution in [0.25, 0.3) is 0 Å². The summed E-state index contributed by atoms with van der Waals surface area (Å²) in [6.45, 7) is 4.03. The van der Waals surface area contributed by atoms with E-state index in [1.165, 1.54) is 12.8 Å². The zero-order valence-corrected chi connectivity index (χ0v) is 10.0. The second-order valence-electron chi connectivity index (χ2n) is 5.06. The van der Waals surface area contributed by atoms with E-state index in [-0.39, 0.29) is 0 Å². The van der Waals surface area contributed by atoms with Gasteiger partial charge in [0.2, 0.25) is 5.89 Å². The Morgan fingerprint density at radius 1 is 1.38 bits per heavy atom. The minimum Gasteiger partial charge on any atom is -0.393 e. The first-order valence-corrected chi connectivity index (χ1v) is 6.15. The predicted molar refractivity (Wildman–Crippen MR) is 60.1 cm³/mol. The van der Waals surface area contributed by atoms with Crippen LogP contribution in [-0.4, -0.2) is 21.4 Å². The van der Waals surface area contributed by atoms with Crippen molar-refractivity contribution in [3.63, 3.8) is 0 Å². The third-order valence-corrected chi connectivity index (χ3v) is 3.33. The minimum atomic E-state index is -0.417. The number of nitrogens with zero attached hydrogens (tertiary/aromatic N) is 2. The fraction of sp³-hybridized carbons (Fsp3) is 0.833. The molecule has 0 bridgehead atoms. The zero-order valence-electron chi connectivity index (χ0n) is 10.0. The second kappa shape index (κ2) is 4.95. The third kappa shape index (κ3) is 2.82. The smallest absolute Gasteiger partial charge is 0.229 e. The van der Waals surface area contributed by atoms with E-state index in [1.54, 1.807) is 6.92 Å². The lowest BCUT2D eigenvalue weighted by atomic mass is 9.83. The summed E-state index contributed by atoms with van der Waals surface area (Å²) < 4.78 is 5.13. The Labute approximate surface area is 96.1 Å². The maximum absolute atomic E-state index is 9.23. The second-order valence-corrected chi connectivity index (χ2v) is 5.06. The molecule has 4 nitrogen and oxygen atoms in total. The molecule has 1 atom stereocenters. The molecule has 0 amide bonds. The van der Waals surface area contributed by atoms with Gasteiger partial charge in [0, 0.05) is 5.92 Å². The van der Waals surface area contributed by atoms with Gasteiger partial charge in [-0.25, -0.2) is 0 Å². The first-order valence-electron chi connectivity index (χ1n) is 6.15. The minimum absolute atomic E-state index is 0.417. The average molecular weight is 224 g/mol. The lowest BCUT2D eigenvalue weighted by Crippen LogP contribution is -2.12. The molecule has 1 aliphatic carbocycles. The van der Waals surface area contributed by atoms with Gasteiger partial charge in [-0.1, -0.05) is 24.9 Å².